The van der Waals surface area contributed by atoms with Crippen molar-refractivity contribution in [2.24, 2.45) is 11.8 Å². The summed E-state index contributed by atoms with van der Waals surface area (Å²) in [4.78, 5) is 37.0. The maximum Gasteiger partial charge on any atom is 0.240 e. The zero-order chi connectivity index (χ0) is 13.8. The Morgan fingerprint density at radius 3 is 2.37 bits per heavy atom. The normalized spacial score (nSPS) is 25.6. The van der Waals surface area contributed by atoms with Crippen molar-refractivity contribution in [3.05, 3.63) is 12.2 Å². The van der Waals surface area contributed by atoms with Crippen LogP contribution in [0.4, 0.5) is 0 Å². The summed E-state index contributed by atoms with van der Waals surface area (Å²) in [6, 6.07) is 0. The van der Waals surface area contributed by atoms with Gasteiger partial charge in [-0.3, -0.25) is 19.3 Å². The largest absolute Gasteiger partial charge is 0.355 e. The quantitative estimate of drug-likeness (QED) is 0.455. The van der Waals surface area contributed by atoms with Gasteiger partial charge >= 0.3 is 0 Å². The summed E-state index contributed by atoms with van der Waals surface area (Å²) >= 11 is 0. The molecule has 0 aromatic rings. The van der Waals surface area contributed by atoms with Crippen LogP contribution in [0.3, 0.4) is 0 Å². The first-order valence-electron chi connectivity index (χ1n) is 6.92. The molecule has 0 aromatic heterocycles. The number of amides is 3. The molecule has 1 aliphatic heterocycles. The van der Waals surface area contributed by atoms with E-state index in [-0.39, 0.29) is 36.1 Å². The molecule has 2 unspecified atom stereocenters. The first-order chi connectivity index (χ1) is 9.15. The Labute approximate surface area is 113 Å². The highest BCUT2D eigenvalue weighted by atomic mass is 16.2. The van der Waals surface area contributed by atoms with E-state index >= 15 is 0 Å². The fourth-order valence-electron chi connectivity index (χ4n) is 2.63. The monoisotopic (exact) mass is 264 g/mol. The lowest BCUT2D eigenvalue weighted by Gasteiger charge is -2.14. The molecule has 5 nitrogen and oxygen atoms in total. The number of carbonyl (C=O) groups is 3. The van der Waals surface area contributed by atoms with Crippen molar-refractivity contribution < 1.29 is 14.4 Å². The molecule has 0 aromatic carbocycles. The molecule has 1 aliphatic carbocycles. The molecule has 19 heavy (non-hydrogen) atoms. The van der Waals surface area contributed by atoms with Gasteiger partial charge in [0, 0.05) is 6.54 Å². The Hall–Kier alpha value is -1.65. The minimum atomic E-state index is -0.249. The molecule has 0 spiro atoms. The molecular weight excluding hydrogens is 244 g/mol. The van der Waals surface area contributed by atoms with Gasteiger partial charge in [-0.2, -0.15) is 0 Å². The number of rotatable bonds is 5. The van der Waals surface area contributed by atoms with E-state index in [0.29, 0.717) is 19.4 Å². The molecule has 1 saturated heterocycles. The third-order valence-corrected chi connectivity index (χ3v) is 3.75. The van der Waals surface area contributed by atoms with E-state index in [9.17, 15) is 14.4 Å². The van der Waals surface area contributed by atoms with Gasteiger partial charge < -0.3 is 5.32 Å². The second-order valence-corrected chi connectivity index (χ2v) is 5.12. The number of hydrogen-bond donors (Lipinski definition) is 1. The molecule has 0 radical (unpaired) electrons. The number of nitrogens with one attached hydrogen (secondary N) is 1. The van der Waals surface area contributed by atoms with Crippen molar-refractivity contribution in [1.29, 1.82) is 0 Å². The van der Waals surface area contributed by atoms with Crippen molar-refractivity contribution >= 4 is 17.7 Å². The zero-order valence-electron chi connectivity index (χ0n) is 11.2. The second-order valence-electron chi connectivity index (χ2n) is 5.12. The predicted molar refractivity (Wildman–Crippen MR) is 70.0 cm³/mol. The Morgan fingerprint density at radius 1 is 1.26 bits per heavy atom. The van der Waals surface area contributed by atoms with Gasteiger partial charge in [-0.25, -0.2) is 0 Å². The summed E-state index contributed by atoms with van der Waals surface area (Å²) in [6.45, 7) is 2.51. The molecule has 1 fully saturated rings. The van der Waals surface area contributed by atoms with Gasteiger partial charge in [0.05, 0.1) is 11.8 Å². The zero-order valence-corrected chi connectivity index (χ0v) is 11.2. The molecule has 2 rings (SSSR count). The summed E-state index contributed by atoms with van der Waals surface area (Å²) in [7, 11) is 0. The van der Waals surface area contributed by atoms with Crippen LogP contribution in [0, 0.1) is 11.8 Å². The number of hydrogen-bond acceptors (Lipinski definition) is 3. The van der Waals surface area contributed by atoms with Crippen LogP contribution >= 0.6 is 0 Å². The summed E-state index contributed by atoms with van der Waals surface area (Å²) in [5, 5.41) is 2.73. The Kier molecular flexibility index (Phi) is 4.35. The van der Waals surface area contributed by atoms with Crippen LogP contribution in [0.2, 0.25) is 0 Å². The minimum absolute atomic E-state index is 0.131. The number of likely N-dealkylation sites (tertiary alicyclic amines) is 1. The smallest absolute Gasteiger partial charge is 0.240 e. The fraction of sp³-hybridized carbons (Fsp3) is 0.643. The standard InChI is InChI=1S/C14H20N2O3/c1-2-3-8-15-12(17)9-16-13(18)10-6-4-5-7-11(10)14(16)19/h4-5,10-11H,2-3,6-9H2,1H3,(H,15,17). The second kappa shape index (κ2) is 5.99. The van der Waals surface area contributed by atoms with E-state index < -0.39 is 0 Å². The van der Waals surface area contributed by atoms with Crippen LogP contribution in [0.15, 0.2) is 12.2 Å². The number of allylic oxidation sites excluding steroid dienone is 2. The number of carbonyl (C=O) groups excluding carboxylic acids is 3. The topological polar surface area (TPSA) is 66.5 Å². The molecule has 2 atom stereocenters. The average Bonchev–Trinajstić information content (AvgIpc) is 2.65. The van der Waals surface area contributed by atoms with Gasteiger partial charge in [-0.15, -0.1) is 0 Å². The molecule has 0 saturated carbocycles. The van der Waals surface area contributed by atoms with Crippen LogP contribution in [-0.2, 0) is 14.4 Å². The van der Waals surface area contributed by atoms with E-state index in [1.165, 1.54) is 0 Å². The number of nitrogens with zero attached hydrogens (tertiary/aromatic N) is 1. The lowest BCUT2D eigenvalue weighted by atomic mass is 9.85. The van der Waals surface area contributed by atoms with Gasteiger partial charge in [-0.05, 0) is 19.3 Å². The van der Waals surface area contributed by atoms with E-state index in [4.69, 9.17) is 0 Å². The Balaban J connectivity index is 1.92. The van der Waals surface area contributed by atoms with E-state index in [2.05, 4.69) is 5.32 Å². The number of imide groups is 1. The minimum Gasteiger partial charge on any atom is -0.355 e. The van der Waals surface area contributed by atoms with Crippen molar-refractivity contribution in [1.82, 2.24) is 10.2 Å². The van der Waals surface area contributed by atoms with Crippen molar-refractivity contribution in [2.75, 3.05) is 13.1 Å². The lowest BCUT2D eigenvalue weighted by molar-refractivity contribution is -0.143. The highest BCUT2D eigenvalue weighted by molar-refractivity contribution is 6.07. The molecule has 1 N–H and O–H groups in total. The van der Waals surface area contributed by atoms with E-state index in [1.807, 2.05) is 19.1 Å². The van der Waals surface area contributed by atoms with Crippen LogP contribution < -0.4 is 5.32 Å². The summed E-state index contributed by atoms with van der Waals surface area (Å²) in [6.07, 6.45) is 7.02. The van der Waals surface area contributed by atoms with E-state index in [1.54, 1.807) is 0 Å². The first-order valence-corrected chi connectivity index (χ1v) is 6.92. The van der Waals surface area contributed by atoms with Crippen LogP contribution in [0.5, 0.6) is 0 Å². The van der Waals surface area contributed by atoms with Crippen molar-refractivity contribution in [3.8, 4) is 0 Å². The molecule has 3 amide bonds. The first kappa shape index (κ1) is 13.8. The number of fused-ring (bicyclic) bond motifs is 1. The SMILES string of the molecule is CCCCNC(=O)CN1C(=O)C2CC=CCC2C1=O. The van der Waals surface area contributed by atoms with Gasteiger partial charge in [0.15, 0.2) is 0 Å². The maximum atomic E-state index is 12.1. The van der Waals surface area contributed by atoms with Crippen LogP contribution in [0.25, 0.3) is 0 Å². The summed E-state index contributed by atoms with van der Waals surface area (Å²) in [5.74, 6) is -1.13. The van der Waals surface area contributed by atoms with Gasteiger partial charge in [-0.1, -0.05) is 25.5 Å². The van der Waals surface area contributed by atoms with Crippen molar-refractivity contribution in [2.45, 2.75) is 32.6 Å². The van der Waals surface area contributed by atoms with Gasteiger partial charge in [0.1, 0.15) is 6.54 Å². The predicted octanol–water partition coefficient (Wildman–Crippen LogP) is 0.854. The maximum absolute atomic E-state index is 12.1. The summed E-state index contributed by atoms with van der Waals surface area (Å²) in [5.41, 5.74) is 0. The average molecular weight is 264 g/mol. The lowest BCUT2D eigenvalue weighted by Crippen LogP contribution is -2.41. The van der Waals surface area contributed by atoms with Crippen molar-refractivity contribution in [3.63, 3.8) is 0 Å². The molecule has 104 valence electrons. The molecular formula is C14H20N2O3. The van der Waals surface area contributed by atoms with E-state index in [0.717, 1.165) is 17.7 Å². The third kappa shape index (κ3) is 2.85. The Morgan fingerprint density at radius 2 is 1.84 bits per heavy atom. The van der Waals surface area contributed by atoms with Crippen LogP contribution in [-0.4, -0.2) is 35.7 Å². The highest BCUT2D eigenvalue weighted by Crippen LogP contribution is 2.34. The molecule has 0 bridgehead atoms. The molecule has 5 heteroatoms. The molecule has 2 aliphatic rings. The van der Waals surface area contributed by atoms with Gasteiger partial charge in [0.25, 0.3) is 0 Å². The third-order valence-electron chi connectivity index (χ3n) is 3.75. The molecule has 1 heterocycles. The highest BCUT2D eigenvalue weighted by Gasteiger charge is 2.47. The van der Waals surface area contributed by atoms with Gasteiger partial charge in [0.2, 0.25) is 17.7 Å². The number of unbranched alkanes of at least 4 members (excludes halogenated alkanes) is 1. The fourth-order valence-corrected chi connectivity index (χ4v) is 2.63. The van der Waals surface area contributed by atoms with Crippen LogP contribution in [0.1, 0.15) is 32.6 Å². The Bertz CT molecular complexity index is 391. The summed E-state index contributed by atoms with van der Waals surface area (Å²) < 4.78 is 0.